The summed E-state index contributed by atoms with van der Waals surface area (Å²) in [6.07, 6.45) is 9.54. The Kier molecular flexibility index (Phi) is 15.9. The van der Waals surface area contributed by atoms with Crippen LogP contribution in [0, 0.1) is 18.8 Å². The fraction of sp³-hybridized carbons (Fsp3) is 0.533. The molecule has 2 N–H and O–H groups in total. The number of rotatable bonds is 10. The van der Waals surface area contributed by atoms with E-state index in [0.717, 1.165) is 23.6 Å². The maximum absolute atomic E-state index is 12.5. The molecular weight excluding hydrogens is 512 g/mol. The Morgan fingerprint density at radius 2 is 2.00 bits per heavy atom. The van der Waals surface area contributed by atoms with Crippen LogP contribution >= 0.6 is 11.3 Å². The summed E-state index contributed by atoms with van der Waals surface area (Å²) in [6.45, 7) is 19.7. The van der Waals surface area contributed by atoms with Gasteiger partial charge in [-0.15, -0.1) is 11.3 Å². The predicted molar refractivity (Wildman–Crippen MR) is 159 cm³/mol. The maximum Gasteiger partial charge on any atom is 0.233 e. The van der Waals surface area contributed by atoms with Crippen LogP contribution in [0.5, 0.6) is 0 Å². The van der Waals surface area contributed by atoms with Gasteiger partial charge in [0.2, 0.25) is 12.3 Å². The molecule has 2 aromatic heterocycles. The Balaban J connectivity index is 0.000000344. The largest absolute Gasteiger partial charge is 0.391 e. The van der Waals surface area contributed by atoms with Crippen molar-refractivity contribution in [2.75, 3.05) is 19.6 Å². The van der Waals surface area contributed by atoms with E-state index in [0.29, 0.717) is 38.2 Å². The molecule has 0 aliphatic carbocycles. The fourth-order valence-electron chi connectivity index (χ4n) is 3.72. The van der Waals surface area contributed by atoms with Gasteiger partial charge in [-0.25, -0.2) is 0 Å². The van der Waals surface area contributed by atoms with Crippen LogP contribution in [-0.4, -0.2) is 58.2 Å². The van der Waals surface area contributed by atoms with Crippen molar-refractivity contribution in [3.8, 4) is 0 Å². The van der Waals surface area contributed by atoms with Gasteiger partial charge in [0.25, 0.3) is 0 Å². The van der Waals surface area contributed by atoms with Crippen molar-refractivity contribution in [2.24, 2.45) is 11.8 Å². The SMILES string of the molecule is C=C/C(=C\C=C(/CC)c1cncs1)CNC=O.CC(C)C.Cc1cc(C(C(=O)N2CCC(O)C2)C(C)C)on1. The van der Waals surface area contributed by atoms with E-state index in [1.54, 1.807) is 22.3 Å². The number of carbonyl (C=O) groups is 2. The standard InChI is InChI=1S/C13H20N2O3.C13H16N2OS.C4H10/c1-8(2)12(11-6-9(3)14-18-11)13(17)15-5-4-10(16)7-15;1-3-11(7-14-9-16)5-6-12(4-2)13-8-15-10-17-13;1-4(2)3/h6,8,10,12,16H,4-5,7H2,1-3H3;3,5-6,8-10H,1,4,7H2,2H3,(H,14,16);4H,1-3H3/b;11-5+,12-6+;. The van der Waals surface area contributed by atoms with Crippen molar-refractivity contribution in [1.29, 1.82) is 0 Å². The van der Waals surface area contributed by atoms with Gasteiger partial charge < -0.3 is 19.8 Å². The number of aromatic nitrogens is 2. The number of β-amino-alcohol motifs (C(OH)–C–C–N with tert-alkyl or cyclic N) is 1. The monoisotopic (exact) mass is 558 g/mol. The van der Waals surface area contributed by atoms with Gasteiger partial charge in [-0.2, -0.15) is 0 Å². The van der Waals surface area contributed by atoms with Crippen molar-refractivity contribution >= 4 is 29.2 Å². The Hall–Kier alpha value is -3.04. The molecule has 0 aromatic carbocycles. The number of hydrogen-bond donors (Lipinski definition) is 2. The smallest absolute Gasteiger partial charge is 0.233 e. The van der Waals surface area contributed by atoms with E-state index >= 15 is 0 Å². The normalized spacial score (nSPS) is 16.3. The summed E-state index contributed by atoms with van der Waals surface area (Å²) in [6, 6.07) is 1.81. The summed E-state index contributed by atoms with van der Waals surface area (Å²) in [7, 11) is 0. The van der Waals surface area contributed by atoms with Crippen LogP contribution in [-0.2, 0) is 9.59 Å². The number of hydrogen-bond acceptors (Lipinski definition) is 7. The van der Waals surface area contributed by atoms with Gasteiger partial charge in [0.05, 0.1) is 22.2 Å². The van der Waals surface area contributed by atoms with E-state index in [1.165, 1.54) is 10.5 Å². The molecule has 1 aliphatic rings. The first-order valence-electron chi connectivity index (χ1n) is 13.5. The average molecular weight is 559 g/mol. The molecule has 1 saturated heterocycles. The zero-order valence-corrected chi connectivity index (χ0v) is 25.3. The molecule has 2 atom stereocenters. The van der Waals surface area contributed by atoms with Crippen molar-refractivity contribution in [3.05, 3.63) is 64.5 Å². The number of nitrogens with zero attached hydrogens (tertiary/aromatic N) is 3. The predicted octanol–water partition coefficient (Wildman–Crippen LogP) is 5.77. The molecule has 0 saturated carbocycles. The zero-order chi connectivity index (χ0) is 29.4. The van der Waals surface area contributed by atoms with E-state index < -0.39 is 6.10 Å². The minimum atomic E-state index is -0.391. The molecule has 0 spiro atoms. The van der Waals surface area contributed by atoms with Crippen molar-refractivity contribution in [3.63, 3.8) is 0 Å². The molecule has 1 fully saturated rings. The van der Waals surface area contributed by atoms with Crippen molar-refractivity contribution in [1.82, 2.24) is 20.4 Å². The van der Waals surface area contributed by atoms with Crippen LogP contribution in [0.25, 0.3) is 5.57 Å². The Morgan fingerprint density at radius 1 is 1.31 bits per heavy atom. The Bertz CT molecular complexity index is 1050. The quantitative estimate of drug-likeness (QED) is 0.283. The third kappa shape index (κ3) is 12.6. The molecule has 0 radical (unpaired) electrons. The topological polar surface area (TPSA) is 109 Å². The molecule has 2 amide bonds. The van der Waals surface area contributed by atoms with Gasteiger partial charge in [0.15, 0.2) is 0 Å². The Labute approximate surface area is 237 Å². The number of allylic oxidation sites excluding steroid dienone is 3. The lowest BCUT2D eigenvalue weighted by molar-refractivity contribution is -0.133. The number of likely N-dealkylation sites (tertiary alicyclic amines) is 1. The lowest BCUT2D eigenvalue weighted by Crippen LogP contribution is -2.35. The molecular formula is C30H46N4O4S. The maximum atomic E-state index is 12.5. The number of amides is 2. The van der Waals surface area contributed by atoms with Gasteiger partial charge in [-0.05, 0) is 42.7 Å². The highest BCUT2D eigenvalue weighted by Gasteiger charge is 2.34. The number of carbonyl (C=O) groups excluding carboxylic acids is 2. The molecule has 2 aromatic rings. The van der Waals surface area contributed by atoms with Gasteiger partial charge in [0.1, 0.15) is 11.7 Å². The minimum absolute atomic E-state index is 0.0256. The van der Waals surface area contributed by atoms with Gasteiger partial charge >= 0.3 is 0 Å². The summed E-state index contributed by atoms with van der Waals surface area (Å²) in [5, 5.41) is 16.0. The second-order valence-corrected chi connectivity index (χ2v) is 11.3. The van der Waals surface area contributed by atoms with E-state index in [1.807, 2.05) is 44.6 Å². The minimum Gasteiger partial charge on any atom is -0.391 e. The lowest BCUT2D eigenvalue weighted by atomic mass is 9.91. The first-order chi connectivity index (χ1) is 18.5. The highest BCUT2D eigenvalue weighted by Crippen LogP contribution is 2.29. The summed E-state index contributed by atoms with van der Waals surface area (Å²) in [5.74, 6) is 1.31. The second-order valence-electron chi connectivity index (χ2n) is 10.4. The fourth-order valence-corrected chi connectivity index (χ4v) is 4.44. The third-order valence-electron chi connectivity index (χ3n) is 5.64. The van der Waals surface area contributed by atoms with Gasteiger partial charge in [-0.1, -0.05) is 71.5 Å². The highest BCUT2D eigenvalue weighted by molar-refractivity contribution is 7.10. The highest BCUT2D eigenvalue weighted by atomic mass is 32.1. The molecule has 3 heterocycles. The first-order valence-corrected chi connectivity index (χ1v) is 14.4. The lowest BCUT2D eigenvalue weighted by Gasteiger charge is -2.23. The summed E-state index contributed by atoms with van der Waals surface area (Å²) in [4.78, 5) is 29.6. The summed E-state index contributed by atoms with van der Waals surface area (Å²) >= 11 is 1.63. The number of nitrogens with one attached hydrogen (secondary N) is 1. The number of aliphatic hydroxyl groups excluding tert-OH is 1. The summed E-state index contributed by atoms with van der Waals surface area (Å²) in [5.41, 5.74) is 4.82. The molecule has 1 aliphatic heterocycles. The van der Waals surface area contributed by atoms with Crippen LogP contribution < -0.4 is 5.32 Å². The van der Waals surface area contributed by atoms with E-state index in [9.17, 15) is 14.7 Å². The van der Waals surface area contributed by atoms with Crippen molar-refractivity contribution < 1.29 is 19.2 Å². The average Bonchev–Trinajstić information content (AvgIpc) is 3.65. The summed E-state index contributed by atoms with van der Waals surface area (Å²) < 4.78 is 5.24. The van der Waals surface area contributed by atoms with Crippen LogP contribution in [0.4, 0.5) is 0 Å². The van der Waals surface area contributed by atoms with E-state index in [-0.39, 0.29) is 17.7 Å². The number of aryl methyl sites for hydroxylation is 1. The van der Waals surface area contributed by atoms with Crippen LogP contribution in [0.3, 0.4) is 0 Å². The van der Waals surface area contributed by atoms with E-state index in [4.69, 9.17) is 4.52 Å². The Morgan fingerprint density at radius 3 is 2.44 bits per heavy atom. The molecule has 216 valence electrons. The molecule has 0 bridgehead atoms. The number of aliphatic hydroxyl groups is 1. The van der Waals surface area contributed by atoms with Crippen LogP contribution in [0.2, 0.25) is 0 Å². The van der Waals surface area contributed by atoms with Gasteiger partial charge in [-0.3, -0.25) is 14.6 Å². The van der Waals surface area contributed by atoms with Crippen LogP contribution in [0.1, 0.15) is 76.6 Å². The van der Waals surface area contributed by atoms with Crippen molar-refractivity contribution in [2.45, 2.75) is 73.3 Å². The third-order valence-corrected chi connectivity index (χ3v) is 6.49. The van der Waals surface area contributed by atoms with E-state index in [2.05, 4.69) is 55.8 Å². The first kappa shape index (κ1) is 34.0. The van der Waals surface area contributed by atoms with Gasteiger partial charge in [0, 0.05) is 31.9 Å². The number of thiazole rings is 1. The molecule has 2 unspecified atom stereocenters. The molecule has 3 rings (SSSR count). The molecule has 9 heteroatoms. The van der Waals surface area contributed by atoms with Crippen LogP contribution in [0.15, 0.2) is 52.7 Å². The second kappa shape index (κ2) is 18.3. The molecule has 39 heavy (non-hydrogen) atoms. The molecule has 8 nitrogen and oxygen atoms in total. The zero-order valence-electron chi connectivity index (χ0n) is 24.5.